The van der Waals surface area contributed by atoms with Crippen molar-refractivity contribution in [2.45, 2.75) is 18.6 Å². The minimum atomic E-state index is 0.0591. The number of aryl methyl sites for hydroxylation is 1. The second-order valence-electron chi connectivity index (χ2n) is 8.33. The number of aromatic amines is 1. The van der Waals surface area contributed by atoms with Crippen molar-refractivity contribution in [1.82, 2.24) is 19.7 Å². The largest absolute Gasteiger partial charge is 0.454 e. The molecule has 0 atom stereocenters. The van der Waals surface area contributed by atoms with Gasteiger partial charge in [0.25, 0.3) is 0 Å². The van der Waals surface area contributed by atoms with Crippen molar-refractivity contribution in [1.29, 1.82) is 0 Å². The smallest absolute Gasteiger partial charge is 0.231 e. The van der Waals surface area contributed by atoms with E-state index in [4.69, 9.17) is 9.47 Å². The molecule has 0 amide bonds. The van der Waals surface area contributed by atoms with Gasteiger partial charge in [-0.2, -0.15) is 0 Å². The second kappa shape index (κ2) is 8.96. The molecule has 5 aromatic rings. The SMILES string of the molecule is Cc1[nH]c2ccccc2c1C(=O)CSc1nnc(-c2ccccc2)n1Cc1ccc2c(c1)OCO2. The third-order valence-corrected chi connectivity index (χ3v) is 7.00. The van der Waals surface area contributed by atoms with E-state index in [1.807, 2.05) is 84.3 Å². The summed E-state index contributed by atoms with van der Waals surface area (Å²) in [7, 11) is 0. The number of thioether (sulfide) groups is 1. The maximum atomic E-state index is 13.3. The summed E-state index contributed by atoms with van der Waals surface area (Å²) < 4.78 is 13.1. The summed E-state index contributed by atoms with van der Waals surface area (Å²) in [6.45, 7) is 2.71. The third-order valence-electron chi connectivity index (χ3n) is 6.03. The molecule has 8 heteroatoms. The molecular weight excluding hydrogens is 460 g/mol. The number of benzene rings is 3. The summed E-state index contributed by atoms with van der Waals surface area (Å²) in [5.41, 5.74) is 4.58. The molecule has 1 aliphatic rings. The molecule has 0 spiro atoms. The predicted molar refractivity (Wildman–Crippen MR) is 135 cm³/mol. The van der Waals surface area contributed by atoms with Crippen molar-refractivity contribution in [2.75, 3.05) is 12.5 Å². The Labute approximate surface area is 206 Å². The van der Waals surface area contributed by atoms with Gasteiger partial charge < -0.3 is 14.5 Å². The minimum Gasteiger partial charge on any atom is -0.454 e. The number of carbonyl (C=O) groups is 1. The molecule has 0 bridgehead atoms. The average Bonchev–Trinajstić information content (AvgIpc) is 3.59. The first-order valence-corrected chi connectivity index (χ1v) is 12.3. The van der Waals surface area contributed by atoms with Crippen LogP contribution in [0.5, 0.6) is 11.5 Å². The maximum absolute atomic E-state index is 13.3. The molecule has 1 aliphatic heterocycles. The molecule has 0 saturated heterocycles. The molecule has 2 aromatic heterocycles. The zero-order valence-electron chi connectivity index (χ0n) is 19.0. The monoisotopic (exact) mass is 482 g/mol. The number of carbonyl (C=O) groups excluding carboxylic acids is 1. The van der Waals surface area contributed by atoms with Crippen molar-refractivity contribution >= 4 is 28.4 Å². The number of H-pyrrole nitrogens is 1. The Morgan fingerprint density at radius 2 is 1.80 bits per heavy atom. The van der Waals surface area contributed by atoms with Crippen LogP contribution in [0.3, 0.4) is 0 Å². The fourth-order valence-electron chi connectivity index (χ4n) is 4.40. The first-order chi connectivity index (χ1) is 17.2. The Bertz CT molecular complexity index is 1540. The van der Waals surface area contributed by atoms with Gasteiger partial charge in [0.05, 0.1) is 12.3 Å². The molecule has 6 rings (SSSR count). The van der Waals surface area contributed by atoms with Crippen molar-refractivity contribution in [3.05, 3.63) is 89.6 Å². The number of ether oxygens (including phenoxy) is 2. The van der Waals surface area contributed by atoms with Crippen LogP contribution in [0.1, 0.15) is 21.6 Å². The summed E-state index contributed by atoms with van der Waals surface area (Å²) in [6.07, 6.45) is 0. The number of aromatic nitrogens is 4. The van der Waals surface area contributed by atoms with E-state index in [-0.39, 0.29) is 18.3 Å². The van der Waals surface area contributed by atoms with Crippen LogP contribution < -0.4 is 9.47 Å². The predicted octanol–water partition coefficient (Wildman–Crippen LogP) is 5.49. The van der Waals surface area contributed by atoms with E-state index in [0.717, 1.165) is 50.6 Å². The normalized spacial score (nSPS) is 12.4. The molecule has 174 valence electrons. The lowest BCUT2D eigenvalue weighted by molar-refractivity contribution is 0.102. The number of Topliss-reactive ketones (excluding diaryl/α,β-unsaturated/α-hetero) is 1. The Morgan fingerprint density at radius 3 is 2.69 bits per heavy atom. The molecule has 0 unspecified atom stereocenters. The van der Waals surface area contributed by atoms with E-state index < -0.39 is 0 Å². The molecule has 0 fully saturated rings. The van der Waals surface area contributed by atoms with Gasteiger partial charge in [0, 0.05) is 27.7 Å². The van der Waals surface area contributed by atoms with E-state index in [9.17, 15) is 4.79 Å². The number of nitrogens with zero attached hydrogens (tertiary/aromatic N) is 3. The van der Waals surface area contributed by atoms with Crippen molar-refractivity contribution in [3.8, 4) is 22.9 Å². The van der Waals surface area contributed by atoms with E-state index in [0.29, 0.717) is 11.7 Å². The van der Waals surface area contributed by atoms with Crippen molar-refractivity contribution < 1.29 is 14.3 Å². The topological polar surface area (TPSA) is 82.0 Å². The summed E-state index contributed by atoms with van der Waals surface area (Å²) >= 11 is 1.40. The van der Waals surface area contributed by atoms with Crippen LogP contribution in [-0.4, -0.2) is 38.1 Å². The number of fused-ring (bicyclic) bond motifs is 2. The fraction of sp³-hybridized carbons (Fsp3) is 0.148. The van der Waals surface area contributed by atoms with Crippen LogP contribution in [0.25, 0.3) is 22.3 Å². The lowest BCUT2D eigenvalue weighted by atomic mass is 10.1. The van der Waals surface area contributed by atoms with Crippen LogP contribution in [0, 0.1) is 6.92 Å². The Hall–Kier alpha value is -4.04. The van der Waals surface area contributed by atoms with Gasteiger partial charge in [-0.1, -0.05) is 66.4 Å². The molecule has 3 aromatic carbocycles. The van der Waals surface area contributed by atoms with E-state index >= 15 is 0 Å². The average molecular weight is 483 g/mol. The first-order valence-electron chi connectivity index (χ1n) is 11.3. The quantitative estimate of drug-likeness (QED) is 0.244. The molecule has 0 aliphatic carbocycles. The Morgan fingerprint density at radius 1 is 1.00 bits per heavy atom. The van der Waals surface area contributed by atoms with Gasteiger partial charge in [-0.25, -0.2) is 0 Å². The zero-order valence-corrected chi connectivity index (χ0v) is 19.8. The second-order valence-corrected chi connectivity index (χ2v) is 9.27. The molecule has 3 heterocycles. The van der Waals surface area contributed by atoms with Gasteiger partial charge in [-0.05, 0) is 30.7 Å². The highest BCUT2D eigenvalue weighted by Gasteiger charge is 2.21. The van der Waals surface area contributed by atoms with E-state index in [2.05, 4.69) is 15.2 Å². The van der Waals surface area contributed by atoms with Gasteiger partial charge in [-0.15, -0.1) is 10.2 Å². The van der Waals surface area contributed by atoms with Gasteiger partial charge in [0.2, 0.25) is 6.79 Å². The van der Waals surface area contributed by atoms with Gasteiger partial charge in [0.1, 0.15) is 0 Å². The number of ketones is 1. The fourth-order valence-corrected chi connectivity index (χ4v) is 5.21. The summed E-state index contributed by atoms with van der Waals surface area (Å²) in [5.74, 6) is 2.55. The Kier molecular flexibility index (Phi) is 5.50. The van der Waals surface area contributed by atoms with Crippen molar-refractivity contribution in [2.24, 2.45) is 0 Å². The number of para-hydroxylation sites is 1. The molecular formula is C27H22N4O3S. The highest BCUT2D eigenvalue weighted by atomic mass is 32.2. The summed E-state index contributed by atoms with van der Waals surface area (Å²) in [5, 5.41) is 10.6. The highest BCUT2D eigenvalue weighted by Crippen LogP contribution is 2.34. The molecule has 0 radical (unpaired) electrons. The van der Waals surface area contributed by atoms with Crippen molar-refractivity contribution in [3.63, 3.8) is 0 Å². The third kappa shape index (κ3) is 4.06. The van der Waals surface area contributed by atoms with E-state index in [1.54, 1.807) is 0 Å². The van der Waals surface area contributed by atoms with Crippen LogP contribution in [0.2, 0.25) is 0 Å². The van der Waals surface area contributed by atoms with Gasteiger partial charge >= 0.3 is 0 Å². The lowest BCUT2D eigenvalue weighted by Crippen LogP contribution is -2.07. The van der Waals surface area contributed by atoms with Gasteiger partial charge in [0.15, 0.2) is 28.3 Å². The first kappa shape index (κ1) is 21.5. The zero-order chi connectivity index (χ0) is 23.8. The standard InChI is InChI=1S/C27H22N4O3S/c1-17-25(20-9-5-6-10-21(20)28-17)22(32)15-35-27-30-29-26(19-7-3-2-4-8-19)31(27)14-18-11-12-23-24(13-18)34-16-33-23/h2-13,28H,14-16H2,1H3. The number of hydrogen-bond donors (Lipinski definition) is 1. The number of nitrogens with one attached hydrogen (secondary N) is 1. The molecule has 35 heavy (non-hydrogen) atoms. The van der Waals surface area contributed by atoms with Crippen LogP contribution >= 0.6 is 11.8 Å². The van der Waals surface area contributed by atoms with E-state index in [1.165, 1.54) is 11.8 Å². The summed E-state index contributed by atoms with van der Waals surface area (Å²) in [6, 6.07) is 23.7. The molecule has 7 nitrogen and oxygen atoms in total. The van der Waals surface area contributed by atoms with Crippen LogP contribution in [0.4, 0.5) is 0 Å². The number of hydrogen-bond acceptors (Lipinski definition) is 6. The maximum Gasteiger partial charge on any atom is 0.231 e. The number of rotatable bonds is 7. The van der Waals surface area contributed by atoms with Gasteiger partial charge in [-0.3, -0.25) is 9.36 Å². The Balaban J connectivity index is 1.31. The highest BCUT2D eigenvalue weighted by molar-refractivity contribution is 7.99. The van der Waals surface area contributed by atoms with Crippen LogP contribution in [0.15, 0.2) is 78.0 Å². The lowest BCUT2D eigenvalue weighted by Gasteiger charge is -2.11. The minimum absolute atomic E-state index is 0.0591. The molecule has 1 N–H and O–H groups in total. The van der Waals surface area contributed by atoms with Crippen LogP contribution in [-0.2, 0) is 6.54 Å². The summed E-state index contributed by atoms with van der Waals surface area (Å²) in [4.78, 5) is 16.6. The molecule has 0 saturated carbocycles.